The first-order valence-electron chi connectivity index (χ1n) is 7.37. The molecule has 1 aliphatic rings. The minimum absolute atomic E-state index is 0.0489. The van der Waals surface area contributed by atoms with Crippen LogP contribution in [0, 0.1) is 23.2 Å². The highest BCUT2D eigenvalue weighted by molar-refractivity contribution is 5.78. The molecule has 1 amide bonds. The Kier molecular flexibility index (Phi) is 6.30. The molecule has 1 aliphatic carbocycles. The van der Waals surface area contributed by atoms with Gasteiger partial charge in [0.15, 0.2) is 0 Å². The fourth-order valence-corrected chi connectivity index (χ4v) is 2.95. The van der Waals surface area contributed by atoms with Gasteiger partial charge in [0.25, 0.3) is 0 Å². The lowest BCUT2D eigenvalue weighted by Crippen LogP contribution is -2.47. The van der Waals surface area contributed by atoms with Gasteiger partial charge in [0.2, 0.25) is 5.91 Å². The van der Waals surface area contributed by atoms with Gasteiger partial charge in [-0.1, -0.05) is 13.3 Å². The Labute approximate surface area is 117 Å². The van der Waals surface area contributed by atoms with Crippen LogP contribution in [-0.2, 0) is 4.79 Å². The van der Waals surface area contributed by atoms with Gasteiger partial charge in [-0.3, -0.25) is 9.69 Å². The number of hydrogen-bond acceptors (Lipinski definition) is 3. The first-order chi connectivity index (χ1) is 8.97. The first kappa shape index (κ1) is 16.0. The van der Waals surface area contributed by atoms with Gasteiger partial charge in [0.05, 0.1) is 18.5 Å². The molecule has 0 radical (unpaired) electrons. The smallest absolute Gasteiger partial charge is 0.234 e. The van der Waals surface area contributed by atoms with Crippen molar-refractivity contribution in [3.63, 3.8) is 0 Å². The summed E-state index contributed by atoms with van der Waals surface area (Å²) in [5.41, 5.74) is 0. The number of nitriles is 1. The van der Waals surface area contributed by atoms with Crippen LogP contribution in [0.3, 0.4) is 0 Å². The van der Waals surface area contributed by atoms with Crippen molar-refractivity contribution in [3.8, 4) is 6.07 Å². The predicted molar refractivity (Wildman–Crippen MR) is 76.4 cm³/mol. The molecule has 4 nitrogen and oxygen atoms in total. The molecule has 19 heavy (non-hydrogen) atoms. The van der Waals surface area contributed by atoms with Crippen LogP contribution in [-0.4, -0.2) is 36.5 Å². The van der Waals surface area contributed by atoms with Crippen molar-refractivity contribution in [3.05, 3.63) is 0 Å². The van der Waals surface area contributed by atoms with E-state index in [1.54, 1.807) is 0 Å². The van der Waals surface area contributed by atoms with Crippen LogP contribution >= 0.6 is 0 Å². The third kappa shape index (κ3) is 4.83. The Morgan fingerprint density at radius 1 is 1.47 bits per heavy atom. The second-order valence-electron chi connectivity index (χ2n) is 6.03. The van der Waals surface area contributed by atoms with Gasteiger partial charge in [0.1, 0.15) is 0 Å². The zero-order valence-electron chi connectivity index (χ0n) is 12.6. The van der Waals surface area contributed by atoms with Gasteiger partial charge in [-0.15, -0.1) is 0 Å². The summed E-state index contributed by atoms with van der Waals surface area (Å²) in [7, 11) is 1.97. The molecule has 0 aromatic carbocycles. The zero-order valence-corrected chi connectivity index (χ0v) is 12.6. The molecule has 0 aliphatic heterocycles. The number of nitrogens with zero attached hydrogens (tertiary/aromatic N) is 2. The van der Waals surface area contributed by atoms with E-state index in [0.29, 0.717) is 12.5 Å². The number of carbonyl (C=O) groups is 1. The average Bonchev–Trinajstić information content (AvgIpc) is 2.36. The summed E-state index contributed by atoms with van der Waals surface area (Å²) in [6.45, 7) is 6.52. The average molecular weight is 265 g/mol. The Morgan fingerprint density at radius 3 is 2.68 bits per heavy atom. The number of amides is 1. The van der Waals surface area contributed by atoms with Crippen LogP contribution in [0.15, 0.2) is 0 Å². The van der Waals surface area contributed by atoms with E-state index in [9.17, 15) is 10.1 Å². The van der Waals surface area contributed by atoms with E-state index in [-0.39, 0.29) is 23.9 Å². The maximum Gasteiger partial charge on any atom is 0.234 e. The van der Waals surface area contributed by atoms with Gasteiger partial charge in [-0.2, -0.15) is 5.26 Å². The number of likely N-dealkylation sites (N-methyl/N-ethyl adjacent to an activating group) is 1. The Hall–Kier alpha value is -1.08. The van der Waals surface area contributed by atoms with Gasteiger partial charge >= 0.3 is 0 Å². The zero-order chi connectivity index (χ0) is 14.4. The maximum absolute atomic E-state index is 11.8. The molecule has 1 rings (SSSR count). The lowest BCUT2D eigenvalue weighted by Gasteiger charge is -2.38. The van der Waals surface area contributed by atoms with Crippen LogP contribution in [0.4, 0.5) is 0 Å². The van der Waals surface area contributed by atoms with E-state index in [1.807, 2.05) is 20.9 Å². The van der Waals surface area contributed by atoms with Gasteiger partial charge in [-0.25, -0.2) is 0 Å². The number of hydrogen-bond donors (Lipinski definition) is 1. The van der Waals surface area contributed by atoms with Gasteiger partial charge in [-0.05, 0) is 46.1 Å². The summed E-state index contributed by atoms with van der Waals surface area (Å²) >= 11 is 0. The van der Waals surface area contributed by atoms with Crippen LogP contribution in [0.1, 0.15) is 46.5 Å². The molecule has 0 aromatic heterocycles. The topological polar surface area (TPSA) is 56.1 Å². The maximum atomic E-state index is 11.8. The fourth-order valence-electron chi connectivity index (χ4n) is 2.95. The number of rotatable bonds is 5. The van der Waals surface area contributed by atoms with Crippen LogP contribution in [0.2, 0.25) is 0 Å². The minimum atomic E-state index is 0.0489. The third-order valence-corrected chi connectivity index (χ3v) is 4.08. The molecule has 0 saturated heterocycles. The van der Waals surface area contributed by atoms with Crippen molar-refractivity contribution in [2.75, 3.05) is 13.6 Å². The molecule has 3 unspecified atom stereocenters. The van der Waals surface area contributed by atoms with E-state index in [4.69, 9.17) is 0 Å². The summed E-state index contributed by atoms with van der Waals surface area (Å²) in [5.74, 6) is 0.817. The SMILES string of the molecule is CCC1CCC(C#N)C(N(C)CC(=O)NC(C)C)C1. The highest BCUT2D eigenvalue weighted by Crippen LogP contribution is 2.33. The Balaban J connectivity index is 2.58. The summed E-state index contributed by atoms with van der Waals surface area (Å²) < 4.78 is 0. The van der Waals surface area contributed by atoms with E-state index in [2.05, 4.69) is 23.2 Å². The molecule has 1 saturated carbocycles. The first-order valence-corrected chi connectivity index (χ1v) is 7.37. The molecule has 4 heteroatoms. The van der Waals surface area contributed by atoms with Crippen molar-refractivity contribution >= 4 is 5.91 Å². The molecule has 0 aromatic rings. The number of carbonyl (C=O) groups excluding carboxylic acids is 1. The van der Waals surface area contributed by atoms with E-state index >= 15 is 0 Å². The highest BCUT2D eigenvalue weighted by Gasteiger charge is 2.33. The van der Waals surface area contributed by atoms with Crippen molar-refractivity contribution in [2.45, 2.75) is 58.5 Å². The van der Waals surface area contributed by atoms with Crippen molar-refractivity contribution < 1.29 is 4.79 Å². The van der Waals surface area contributed by atoms with Crippen molar-refractivity contribution in [2.24, 2.45) is 11.8 Å². The van der Waals surface area contributed by atoms with E-state index in [1.165, 1.54) is 6.42 Å². The van der Waals surface area contributed by atoms with Crippen LogP contribution in [0.5, 0.6) is 0 Å². The normalized spacial score (nSPS) is 27.3. The van der Waals surface area contributed by atoms with E-state index in [0.717, 1.165) is 19.3 Å². The standard InChI is InChI=1S/C15H27N3O/c1-5-12-6-7-13(9-16)14(8-12)18(4)10-15(19)17-11(2)3/h11-14H,5-8,10H2,1-4H3,(H,17,19). The molecule has 0 bridgehead atoms. The third-order valence-electron chi connectivity index (χ3n) is 4.08. The summed E-state index contributed by atoms with van der Waals surface area (Å²) in [6, 6.07) is 2.81. The molecule has 0 heterocycles. The second kappa shape index (κ2) is 7.49. The lowest BCUT2D eigenvalue weighted by molar-refractivity contribution is -0.123. The monoisotopic (exact) mass is 265 g/mol. The Morgan fingerprint density at radius 2 is 2.16 bits per heavy atom. The van der Waals surface area contributed by atoms with Crippen molar-refractivity contribution in [1.29, 1.82) is 5.26 Å². The highest BCUT2D eigenvalue weighted by atomic mass is 16.2. The minimum Gasteiger partial charge on any atom is -0.353 e. The quantitative estimate of drug-likeness (QED) is 0.828. The van der Waals surface area contributed by atoms with Crippen LogP contribution in [0.25, 0.3) is 0 Å². The van der Waals surface area contributed by atoms with Gasteiger partial charge < -0.3 is 5.32 Å². The second-order valence-corrected chi connectivity index (χ2v) is 6.03. The lowest BCUT2D eigenvalue weighted by atomic mass is 9.77. The largest absolute Gasteiger partial charge is 0.353 e. The van der Waals surface area contributed by atoms with E-state index < -0.39 is 0 Å². The molecule has 0 spiro atoms. The molecule has 1 fully saturated rings. The summed E-state index contributed by atoms with van der Waals surface area (Å²) in [5, 5.41) is 12.2. The molecule has 3 atom stereocenters. The summed E-state index contributed by atoms with van der Waals surface area (Å²) in [4.78, 5) is 13.9. The molecule has 108 valence electrons. The molecule has 1 N–H and O–H groups in total. The number of nitrogens with one attached hydrogen (secondary N) is 1. The predicted octanol–water partition coefficient (Wildman–Crippen LogP) is 2.16. The van der Waals surface area contributed by atoms with Gasteiger partial charge in [0, 0.05) is 12.1 Å². The summed E-state index contributed by atoms with van der Waals surface area (Å²) in [6.07, 6.45) is 4.33. The van der Waals surface area contributed by atoms with Crippen LogP contribution < -0.4 is 5.32 Å². The molecular weight excluding hydrogens is 238 g/mol. The Bertz CT molecular complexity index is 335. The molecular formula is C15H27N3O. The fraction of sp³-hybridized carbons (Fsp3) is 0.867. The van der Waals surface area contributed by atoms with Crippen molar-refractivity contribution in [1.82, 2.24) is 10.2 Å².